The Kier molecular flexibility index (Phi) is 5.03. The number of rotatable bonds is 5. The average Bonchev–Trinajstić information content (AvgIpc) is 2.93. The number of aryl methyl sites for hydroxylation is 2. The predicted molar refractivity (Wildman–Crippen MR) is 96.6 cm³/mol. The van der Waals surface area contributed by atoms with Gasteiger partial charge in [-0.25, -0.2) is 0 Å². The number of anilines is 1. The SMILES string of the molecule is CC(=O)c1ccc(N2CCN(Cc3c(C)noc3C)CC2)c([N+](=O)[O-])c1. The number of benzene rings is 1. The van der Waals surface area contributed by atoms with E-state index in [0.29, 0.717) is 24.3 Å². The van der Waals surface area contributed by atoms with Crippen molar-refractivity contribution in [2.75, 3.05) is 31.1 Å². The highest BCUT2D eigenvalue weighted by Gasteiger charge is 2.25. The Morgan fingerprint density at radius 1 is 1.27 bits per heavy atom. The first-order chi connectivity index (χ1) is 12.4. The quantitative estimate of drug-likeness (QED) is 0.461. The van der Waals surface area contributed by atoms with Gasteiger partial charge in [0.25, 0.3) is 5.69 Å². The third-order valence-corrected chi connectivity index (χ3v) is 4.85. The van der Waals surface area contributed by atoms with Crippen LogP contribution in [-0.4, -0.2) is 46.9 Å². The highest BCUT2D eigenvalue weighted by Crippen LogP contribution is 2.30. The zero-order valence-corrected chi connectivity index (χ0v) is 15.2. The van der Waals surface area contributed by atoms with Crippen molar-refractivity contribution in [3.63, 3.8) is 0 Å². The number of hydrogen-bond acceptors (Lipinski definition) is 7. The van der Waals surface area contributed by atoms with E-state index in [9.17, 15) is 14.9 Å². The summed E-state index contributed by atoms with van der Waals surface area (Å²) in [4.78, 5) is 26.8. The summed E-state index contributed by atoms with van der Waals surface area (Å²) in [5.74, 6) is 0.657. The summed E-state index contributed by atoms with van der Waals surface area (Å²) >= 11 is 0. The van der Waals surface area contributed by atoms with Gasteiger partial charge in [-0.1, -0.05) is 5.16 Å². The van der Waals surface area contributed by atoms with Gasteiger partial charge in [-0.05, 0) is 32.9 Å². The van der Waals surface area contributed by atoms with E-state index in [4.69, 9.17) is 4.52 Å². The molecule has 8 nitrogen and oxygen atoms in total. The minimum absolute atomic E-state index is 0.0168. The maximum Gasteiger partial charge on any atom is 0.293 e. The molecule has 0 radical (unpaired) electrons. The summed E-state index contributed by atoms with van der Waals surface area (Å²) in [5, 5.41) is 15.4. The van der Waals surface area contributed by atoms with E-state index in [2.05, 4.69) is 10.1 Å². The second-order valence-corrected chi connectivity index (χ2v) is 6.58. The molecule has 0 atom stereocenters. The monoisotopic (exact) mass is 358 g/mol. The summed E-state index contributed by atoms with van der Waals surface area (Å²) in [6.45, 7) is 8.96. The van der Waals surface area contributed by atoms with Crippen LogP contribution in [-0.2, 0) is 6.54 Å². The molecule has 0 saturated carbocycles. The third kappa shape index (κ3) is 3.60. The number of Topliss-reactive ketones (excluding diaryl/α,β-unsaturated/α-hetero) is 1. The normalized spacial score (nSPS) is 15.3. The first kappa shape index (κ1) is 18.1. The molecule has 0 amide bonds. The summed E-state index contributed by atoms with van der Waals surface area (Å²) in [5.41, 5.74) is 2.92. The number of ketones is 1. The fourth-order valence-corrected chi connectivity index (χ4v) is 3.25. The van der Waals surface area contributed by atoms with E-state index in [0.717, 1.165) is 36.7 Å². The number of aromatic nitrogens is 1. The Morgan fingerprint density at radius 3 is 2.50 bits per heavy atom. The molecule has 0 bridgehead atoms. The molecule has 0 aliphatic carbocycles. The van der Waals surface area contributed by atoms with Crippen LogP contribution in [0.25, 0.3) is 0 Å². The molecule has 1 aromatic heterocycles. The summed E-state index contributed by atoms with van der Waals surface area (Å²) in [6.07, 6.45) is 0. The van der Waals surface area contributed by atoms with Crippen LogP contribution in [0.3, 0.4) is 0 Å². The molecular formula is C18H22N4O4. The topological polar surface area (TPSA) is 92.7 Å². The molecular weight excluding hydrogens is 336 g/mol. The Hall–Kier alpha value is -2.74. The van der Waals surface area contributed by atoms with Crippen LogP contribution in [0.2, 0.25) is 0 Å². The smallest absolute Gasteiger partial charge is 0.293 e. The minimum atomic E-state index is -0.419. The first-order valence-electron chi connectivity index (χ1n) is 8.55. The molecule has 1 aromatic carbocycles. The molecule has 8 heteroatoms. The average molecular weight is 358 g/mol. The number of nitro groups is 1. The fraction of sp³-hybridized carbons (Fsp3) is 0.444. The van der Waals surface area contributed by atoms with Crippen LogP contribution in [0.5, 0.6) is 0 Å². The molecule has 1 saturated heterocycles. The van der Waals surface area contributed by atoms with Crippen LogP contribution in [0.15, 0.2) is 22.7 Å². The number of nitro benzene ring substituents is 1. The number of carbonyl (C=O) groups is 1. The molecule has 1 fully saturated rings. The molecule has 3 rings (SSSR count). The van der Waals surface area contributed by atoms with Crippen LogP contribution in [0.1, 0.15) is 34.3 Å². The largest absolute Gasteiger partial charge is 0.363 e. The van der Waals surface area contributed by atoms with E-state index in [1.165, 1.54) is 13.0 Å². The van der Waals surface area contributed by atoms with E-state index in [1.54, 1.807) is 12.1 Å². The fourth-order valence-electron chi connectivity index (χ4n) is 3.25. The van der Waals surface area contributed by atoms with Gasteiger partial charge >= 0.3 is 0 Å². The van der Waals surface area contributed by atoms with E-state index in [1.807, 2.05) is 18.7 Å². The van der Waals surface area contributed by atoms with Gasteiger partial charge < -0.3 is 9.42 Å². The van der Waals surface area contributed by atoms with E-state index >= 15 is 0 Å². The van der Waals surface area contributed by atoms with Crippen molar-refractivity contribution < 1.29 is 14.2 Å². The van der Waals surface area contributed by atoms with Gasteiger partial charge in [0.1, 0.15) is 11.4 Å². The maximum absolute atomic E-state index is 11.5. The van der Waals surface area contributed by atoms with Gasteiger partial charge in [-0.15, -0.1) is 0 Å². The van der Waals surface area contributed by atoms with Crippen LogP contribution >= 0.6 is 0 Å². The van der Waals surface area contributed by atoms with Crippen LogP contribution in [0, 0.1) is 24.0 Å². The van der Waals surface area contributed by atoms with Crippen molar-refractivity contribution in [3.8, 4) is 0 Å². The van der Waals surface area contributed by atoms with Crippen molar-refractivity contribution in [2.24, 2.45) is 0 Å². The first-order valence-corrected chi connectivity index (χ1v) is 8.55. The lowest BCUT2D eigenvalue weighted by molar-refractivity contribution is -0.384. The van der Waals surface area contributed by atoms with Gasteiger partial charge in [-0.3, -0.25) is 19.8 Å². The van der Waals surface area contributed by atoms with Crippen molar-refractivity contribution in [1.82, 2.24) is 10.1 Å². The van der Waals surface area contributed by atoms with E-state index < -0.39 is 4.92 Å². The van der Waals surface area contributed by atoms with Crippen molar-refractivity contribution in [3.05, 3.63) is 50.9 Å². The molecule has 2 heterocycles. The number of piperazine rings is 1. The number of nitrogens with zero attached hydrogens (tertiary/aromatic N) is 4. The standard InChI is InChI=1S/C18H22N4O4/c1-12-16(14(3)26-19-12)11-20-6-8-21(9-7-20)17-5-4-15(13(2)23)10-18(17)22(24)25/h4-5,10H,6-9,11H2,1-3H3. The van der Waals surface area contributed by atoms with E-state index in [-0.39, 0.29) is 11.5 Å². The van der Waals surface area contributed by atoms with Gasteiger partial charge in [-0.2, -0.15) is 0 Å². The van der Waals surface area contributed by atoms with Gasteiger partial charge in [0.05, 0.1) is 10.6 Å². The van der Waals surface area contributed by atoms with Crippen molar-refractivity contribution >= 4 is 17.2 Å². The van der Waals surface area contributed by atoms with Gasteiger partial charge in [0.2, 0.25) is 0 Å². The molecule has 138 valence electrons. The second kappa shape index (κ2) is 7.25. The zero-order valence-electron chi connectivity index (χ0n) is 15.2. The third-order valence-electron chi connectivity index (χ3n) is 4.85. The molecule has 0 unspecified atom stereocenters. The Morgan fingerprint density at radius 2 is 1.96 bits per heavy atom. The Labute approximate surface area is 151 Å². The lowest BCUT2D eigenvalue weighted by atomic mass is 10.1. The molecule has 2 aromatic rings. The van der Waals surface area contributed by atoms with Crippen molar-refractivity contribution in [1.29, 1.82) is 0 Å². The lowest BCUT2D eigenvalue weighted by Gasteiger charge is -2.35. The molecule has 26 heavy (non-hydrogen) atoms. The molecule has 1 aliphatic rings. The lowest BCUT2D eigenvalue weighted by Crippen LogP contribution is -2.46. The molecule has 0 N–H and O–H groups in total. The molecule has 1 aliphatic heterocycles. The predicted octanol–water partition coefficient (Wildman–Crippen LogP) is 2.72. The second-order valence-electron chi connectivity index (χ2n) is 6.58. The maximum atomic E-state index is 11.5. The summed E-state index contributed by atoms with van der Waals surface area (Å²) in [6, 6.07) is 4.70. The summed E-state index contributed by atoms with van der Waals surface area (Å²) < 4.78 is 5.21. The zero-order chi connectivity index (χ0) is 18.8. The highest BCUT2D eigenvalue weighted by atomic mass is 16.6. The highest BCUT2D eigenvalue weighted by molar-refractivity contribution is 5.95. The van der Waals surface area contributed by atoms with Crippen LogP contribution < -0.4 is 4.90 Å². The Balaban J connectivity index is 1.72. The molecule has 0 spiro atoms. The Bertz CT molecular complexity index is 818. The van der Waals surface area contributed by atoms with Crippen molar-refractivity contribution in [2.45, 2.75) is 27.3 Å². The van der Waals surface area contributed by atoms with Gasteiger partial charge in [0.15, 0.2) is 5.78 Å². The van der Waals surface area contributed by atoms with Gasteiger partial charge in [0, 0.05) is 49.9 Å². The number of carbonyl (C=O) groups excluding carboxylic acids is 1. The summed E-state index contributed by atoms with van der Waals surface area (Å²) in [7, 11) is 0. The number of hydrogen-bond donors (Lipinski definition) is 0. The minimum Gasteiger partial charge on any atom is -0.363 e. The van der Waals surface area contributed by atoms with Crippen LogP contribution in [0.4, 0.5) is 11.4 Å².